The van der Waals surface area contributed by atoms with Crippen LogP contribution >= 0.6 is 0 Å². The molecule has 0 bridgehead atoms. The highest BCUT2D eigenvalue weighted by Crippen LogP contribution is 2.13. The van der Waals surface area contributed by atoms with E-state index in [-0.39, 0.29) is 6.03 Å². The minimum atomic E-state index is -1.07. The minimum Gasteiger partial charge on any atom is -0.479 e. The first kappa shape index (κ1) is 15.0. The highest BCUT2D eigenvalue weighted by molar-refractivity contribution is 5.83. The molecule has 5 nitrogen and oxygen atoms in total. The van der Waals surface area contributed by atoms with Crippen molar-refractivity contribution in [1.29, 1.82) is 0 Å². The van der Waals surface area contributed by atoms with E-state index in [1.54, 1.807) is 37.4 Å². The number of carboxylic acids is 1. The molecule has 0 aromatic heterocycles. The molecule has 0 fully saturated rings. The first-order valence-corrected chi connectivity index (χ1v) is 6.21. The zero-order valence-corrected chi connectivity index (χ0v) is 11.5. The fourth-order valence-electron chi connectivity index (χ4n) is 1.80. The van der Waals surface area contributed by atoms with Crippen molar-refractivity contribution in [3.63, 3.8) is 0 Å². The molecule has 5 heteroatoms. The van der Waals surface area contributed by atoms with Gasteiger partial charge in [-0.1, -0.05) is 44.2 Å². The van der Waals surface area contributed by atoms with Gasteiger partial charge in [0.05, 0.1) is 0 Å². The molecule has 0 aliphatic heterocycles. The maximum Gasteiger partial charge on any atom is 0.330 e. The van der Waals surface area contributed by atoms with Gasteiger partial charge in [-0.05, 0) is 11.5 Å². The largest absolute Gasteiger partial charge is 0.479 e. The third-order valence-corrected chi connectivity index (χ3v) is 2.63. The van der Waals surface area contributed by atoms with Crippen LogP contribution in [0.2, 0.25) is 0 Å². The van der Waals surface area contributed by atoms with E-state index in [9.17, 15) is 14.7 Å². The number of carbonyl (C=O) groups excluding carboxylic acids is 1. The van der Waals surface area contributed by atoms with E-state index in [0.717, 1.165) is 0 Å². The SMILES string of the molecule is CC(C)CN(C)C(=O)NC(C(=O)O)c1ccccc1. The monoisotopic (exact) mass is 264 g/mol. The first-order chi connectivity index (χ1) is 8.91. The molecule has 0 spiro atoms. The molecule has 1 aromatic carbocycles. The van der Waals surface area contributed by atoms with Gasteiger partial charge in [-0.25, -0.2) is 9.59 Å². The zero-order valence-electron chi connectivity index (χ0n) is 11.5. The zero-order chi connectivity index (χ0) is 14.4. The molecular weight excluding hydrogens is 244 g/mol. The highest BCUT2D eigenvalue weighted by atomic mass is 16.4. The van der Waals surface area contributed by atoms with Crippen LogP contribution in [0, 0.1) is 5.92 Å². The Kier molecular flexibility index (Phi) is 5.36. The summed E-state index contributed by atoms with van der Waals surface area (Å²) in [7, 11) is 1.65. The molecule has 0 radical (unpaired) electrons. The van der Waals surface area contributed by atoms with Gasteiger partial charge in [-0.2, -0.15) is 0 Å². The van der Waals surface area contributed by atoms with E-state index in [4.69, 9.17) is 0 Å². The van der Waals surface area contributed by atoms with Gasteiger partial charge in [0.1, 0.15) is 0 Å². The molecule has 19 heavy (non-hydrogen) atoms. The molecule has 0 aliphatic rings. The Morgan fingerprint density at radius 3 is 2.32 bits per heavy atom. The number of nitrogens with one attached hydrogen (secondary N) is 1. The first-order valence-electron chi connectivity index (χ1n) is 6.21. The molecule has 2 N–H and O–H groups in total. The van der Waals surface area contributed by atoms with Gasteiger partial charge in [0.15, 0.2) is 6.04 Å². The van der Waals surface area contributed by atoms with Gasteiger partial charge < -0.3 is 15.3 Å². The van der Waals surface area contributed by atoms with Crippen LogP contribution in [-0.2, 0) is 4.79 Å². The van der Waals surface area contributed by atoms with E-state index in [1.165, 1.54) is 4.90 Å². The summed E-state index contributed by atoms with van der Waals surface area (Å²) in [5.41, 5.74) is 0.557. The average molecular weight is 264 g/mol. The summed E-state index contributed by atoms with van der Waals surface area (Å²) in [4.78, 5) is 24.7. The lowest BCUT2D eigenvalue weighted by Gasteiger charge is -2.23. The number of hydrogen-bond donors (Lipinski definition) is 2. The normalized spacial score (nSPS) is 12.0. The van der Waals surface area contributed by atoms with Crippen molar-refractivity contribution >= 4 is 12.0 Å². The molecule has 1 aromatic rings. The van der Waals surface area contributed by atoms with E-state index < -0.39 is 12.0 Å². The lowest BCUT2D eigenvalue weighted by Crippen LogP contribution is -2.43. The Morgan fingerprint density at radius 1 is 1.26 bits per heavy atom. The standard InChI is InChI=1S/C14H20N2O3/c1-10(2)9-16(3)14(19)15-12(13(17)18)11-7-5-4-6-8-11/h4-8,10,12H,9H2,1-3H3,(H,15,19)(H,17,18). The predicted molar refractivity (Wildman–Crippen MR) is 72.8 cm³/mol. The summed E-state index contributed by atoms with van der Waals surface area (Å²) >= 11 is 0. The Balaban J connectivity index is 2.75. The quantitative estimate of drug-likeness (QED) is 0.855. The Hall–Kier alpha value is -2.04. The third-order valence-electron chi connectivity index (χ3n) is 2.63. The number of rotatable bonds is 5. The minimum absolute atomic E-state index is 0.329. The van der Waals surface area contributed by atoms with Crippen LogP contribution < -0.4 is 5.32 Å². The summed E-state index contributed by atoms with van der Waals surface area (Å²) in [5.74, 6) is -0.742. The van der Waals surface area contributed by atoms with Crippen LogP contribution in [0.15, 0.2) is 30.3 Å². The molecule has 1 unspecified atom stereocenters. The number of amides is 2. The van der Waals surface area contributed by atoms with E-state index in [1.807, 2.05) is 13.8 Å². The fourth-order valence-corrected chi connectivity index (χ4v) is 1.80. The summed E-state index contributed by atoms with van der Waals surface area (Å²) in [6.45, 7) is 4.57. The summed E-state index contributed by atoms with van der Waals surface area (Å²) in [5, 5.41) is 11.7. The van der Waals surface area contributed by atoms with E-state index in [0.29, 0.717) is 18.0 Å². The van der Waals surface area contributed by atoms with Crippen molar-refractivity contribution in [3.8, 4) is 0 Å². The molecule has 0 aliphatic carbocycles. The molecule has 1 atom stereocenters. The van der Waals surface area contributed by atoms with Gasteiger partial charge in [0.25, 0.3) is 0 Å². The van der Waals surface area contributed by atoms with Crippen LogP contribution in [0.25, 0.3) is 0 Å². The maximum absolute atomic E-state index is 11.9. The van der Waals surface area contributed by atoms with Crippen molar-refractivity contribution in [2.75, 3.05) is 13.6 Å². The average Bonchev–Trinajstić information content (AvgIpc) is 2.35. The van der Waals surface area contributed by atoms with Crippen molar-refractivity contribution < 1.29 is 14.7 Å². The van der Waals surface area contributed by atoms with Gasteiger partial charge in [0, 0.05) is 13.6 Å². The van der Waals surface area contributed by atoms with Gasteiger partial charge in [-0.15, -0.1) is 0 Å². The van der Waals surface area contributed by atoms with Crippen molar-refractivity contribution in [3.05, 3.63) is 35.9 Å². The van der Waals surface area contributed by atoms with E-state index >= 15 is 0 Å². The number of carboxylic acid groups (broad SMARTS) is 1. The number of urea groups is 1. The molecule has 104 valence electrons. The van der Waals surface area contributed by atoms with Crippen molar-refractivity contribution in [2.45, 2.75) is 19.9 Å². The van der Waals surface area contributed by atoms with Crippen LogP contribution in [0.3, 0.4) is 0 Å². The second kappa shape index (κ2) is 6.78. The second-order valence-electron chi connectivity index (χ2n) is 4.91. The number of aliphatic carboxylic acids is 1. The summed E-state index contributed by atoms with van der Waals surface area (Å²) in [6.07, 6.45) is 0. The van der Waals surface area contributed by atoms with Crippen LogP contribution in [0.4, 0.5) is 4.79 Å². The number of nitrogens with zero attached hydrogens (tertiary/aromatic N) is 1. The Morgan fingerprint density at radius 2 is 1.84 bits per heavy atom. The van der Waals surface area contributed by atoms with Crippen LogP contribution in [0.5, 0.6) is 0 Å². The lowest BCUT2D eigenvalue weighted by molar-refractivity contribution is -0.139. The number of hydrogen-bond acceptors (Lipinski definition) is 2. The van der Waals surface area contributed by atoms with Crippen LogP contribution in [0.1, 0.15) is 25.5 Å². The molecule has 0 heterocycles. The van der Waals surface area contributed by atoms with Crippen molar-refractivity contribution in [1.82, 2.24) is 10.2 Å². The van der Waals surface area contributed by atoms with Gasteiger partial charge in [-0.3, -0.25) is 0 Å². The van der Waals surface area contributed by atoms with Crippen molar-refractivity contribution in [2.24, 2.45) is 5.92 Å². The molecular formula is C14H20N2O3. The van der Waals surface area contributed by atoms with E-state index in [2.05, 4.69) is 5.32 Å². The van der Waals surface area contributed by atoms with Gasteiger partial charge >= 0.3 is 12.0 Å². The van der Waals surface area contributed by atoms with Crippen LogP contribution in [-0.4, -0.2) is 35.6 Å². The number of benzene rings is 1. The molecule has 0 saturated heterocycles. The van der Waals surface area contributed by atoms with Gasteiger partial charge in [0.2, 0.25) is 0 Å². The topological polar surface area (TPSA) is 69.6 Å². The maximum atomic E-state index is 11.9. The second-order valence-corrected chi connectivity index (χ2v) is 4.91. The third kappa shape index (κ3) is 4.62. The number of carbonyl (C=O) groups is 2. The smallest absolute Gasteiger partial charge is 0.330 e. The summed E-state index contributed by atoms with van der Waals surface area (Å²) in [6, 6.07) is 7.25. The molecule has 2 amide bonds. The lowest BCUT2D eigenvalue weighted by atomic mass is 10.1. The molecule has 1 rings (SSSR count). The molecule has 0 saturated carbocycles. The highest BCUT2D eigenvalue weighted by Gasteiger charge is 2.23. The predicted octanol–water partition coefficient (Wildman–Crippen LogP) is 2.11. The summed E-state index contributed by atoms with van der Waals surface area (Å²) < 4.78 is 0. The fraction of sp³-hybridized carbons (Fsp3) is 0.429. The Labute approximate surface area is 113 Å². The Bertz CT molecular complexity index is 432.